The highest BCUT2D eigenvalue weighted by Gasteiger charge is 2.12. The Morgan fingerprint density at radius 2 is 1.64 bits per heavy atom. The molecular formula is C12H14O2. The van der Waals surface area contributed by atoms with Crippen LogP contribution in [0.2, 0.25) is 0 Å². The van der Waals surface area contributed by atoms with Crippen LogP contribution >= 0.6 is 0 Å². The minimum atomic E-state index is -0.436. The van der Waals surface area contributed by atoms with Gasteiger partial charge < -0.3 is 0 Å². The lowest BCUT2D eigenvalue weighted by atomic mass is 9.93. The van der Waals surface area contributed by atoms with Gasteiger partial charge in [-0.15, -0.1) is 0 Å². The molecule has 0 aromatic heterocycles. The summed E-state index contributed by atoms with van der Waals surface area (Å²) in [5, 5.41) is 0. The average Bonchev–Trinajstić information content (AvgIpc) is 2.19. The van der Waals surface area contributed by atoms with Crippen molar-refractivity contribution >= 4 is 12.1 Å². The zero-order valence-corrected chi connectivity index (χ0v) is 8.97. The van der Waals surface area contributed by atoms with Gasteiger partial charge in [-0.3, -0.25) is 9.59 Å². The third-order valence-electron chi connectivity index (χ3n) is 2.85. The lowest BCUT2D eigenvalue weighted by Gasteiger charge is -2.11. The van der Waals surface area contributed by atoms with Gasteiger partial charge in [0.2, 0.25) is 5.78 Å². The molecule has 0 aliphatic heterocycles. The van der Waals surface area contributed by atoms with Crippen LogP contribution in [-0.4, -0.2) is 12.1 Å². The molecule has 0 radical (unpaired) electrons. The molecule has 0 saturated heterocycles. The standard InChI is InChI=1S/C12H14O2/c1-7-5-11(12(14)6-13)10(4)9(3)8(7)2/h5-6H,1-4H3. The van der Waals surface area contributed by atoms with Gasteiger partial charge >= 0.3 is 0 Å². The Kier molecular flexibility index (Phi) is 2.84. The van der Waals surface area contributed by atoms with E-state index in [9.17, 15) is 9.59 Å². The van der Waals surface area contributed by atoms with Crippen molar-refractivity contribution in [3.8, 4) is 0 Å². The molecule has 0 aliphatic carbocycles. The predicted molar refractivity (Wildman–Crippen MR) is 55.8 cm³/mol. The van der Waals surface area contributed by atoms with Gasteiger partial charge in [0.25, 0.3) is 0 Å². The van der Waals surface area contributed by atoms with E-state index < -0.39 is 5.78 Å². The van der Waals surface area contributed by atoms with Crippen LogP contribution in [0.1, 0.15) is 32.6 Å². The zero-order valence-electron chi connectivity index (χ0n) is 8.97. The smallest absolute Gasteiger partial charge is 0.225 e. The highest BCUT2D eigenvalue weighted by atomic mass is 16.2. The summed E-state index contributed by atoms with van der Waals surface area (Å²) in [5.74, 6) is -0.436. The van der Waals surface area contributed by atoms with Crippen molar-refractivity contribution in [1.29, 1.82) is 0 Å². The average molecular weight is 190 g/mol. The molecule has 14 heavy (non-hydrogen) atoms. The van der Waals surface area contributed by atoms with Crippen LogP contribution in [0.5, 0.6) is 0 Å². The van der Waals surface area contributed by atoms with E-state index >= 15 is 0 Å². The van der Waals surface area contributed by atoms with E-state index in [4.69, 9.17) is 0 Å². The van der Waals surface area contributed by atoms with Gasteiger partial charge in [-0.25, -0.2) is 0 Å². The Balaban J connectivity index is 3.47. The minimum Gasteiger partial charge on any atom is -0.294 e. The van der Waals surface area contributed by atoms with Crippen molar-refractivity contribution in [2.75, 3.05) is 0 Å². The molecule has 0 amide bonds. The second kappa shape index (κ2) is 3.74. The third kappa shape index (κ3) is 1.60. The number of Topliss-reactive ketones (excluding diaryl/α,β-unsaturated/α-hetero) is 1. The van der Waals surface area contributed by atoms with Crippen molar-refractivity contribution in [2.24, 2.45) is 0 Å². The molecule has 0 atom stereocenters. The third-order valence-corrected chi connectivity index (χ3v) is 2.85. The largest absolute Gasteiger partial charge is 0.294 e. The number of hydrogen-bond donors (Lipinski definition) is 0. The molecule has 2 heteroatoms. The molecule has 1 aromatic carbocycles. The van der Waals surface area contributed by atoms with Crippen LogP contribution in [0.3, 0.4) is 0 Å². The van der Waals surface area contributed by atoms with Crippen molar-refractivity contribution in [3.05, 3.63) is 33.9 Å². The van der Waals surface area contributed by atoms with Crippen molar-refractivity contribution in [1.82, 2.24) is 0 Å². The van der Waals surface area contributed by atoms with Crippen LogP contribution in [0.4, 0.5) is 0 Å². The SMILES string of the molecule is Cc1cc(C(=O)C=O)c(C)c(C)c1C. The minimum absolute atomic E-state index is 0.372. The van der Waals surface area contributed by atoms with Crippen molar-refractivity contribution in [2.45, 2.75) is 27.7 Å². The summed E-state index contributed by atoms with van der Waals surface area (Å²) in [5.41, 5.74) is 4.77. The first-order valence-electron chi connectivity index (χ1n) is 4.56. The maximum Gasteiger partial charge on any atom is 0.225 e. The fourth-order valence-electron chi connectivity index (χ4n) is 1.53. The number of carbonyl (C=O) groups excluding carboxylic acids is 2. The molecule has 1 aromatic rings. The molecule has 0 fully saturated rings. The summed E-state index contributed by atoms with van der Waals surface area (Å²) in [6, 6.07) is 1.79. The van der Waals surface area contributed by atoms with E-state index in [1.165, 1.54) is 5.56 Å². The van der Waals surface area contributed by atoms with E-state index in [0.29, 0.717) is 11.8 Å². The number of benzene rings is 1. The van der Waals surface area contributed by atoms with Gasteiger partial charge in [-0.05, 0) is 56.0 Å². The van der Waals surface area contributed by atoms with Crippen LogP contribution in [0, 0.1) is 27.7 Å². The molecule has 0 saturated carbocycles. The van der Waals surface area contributed by atoms with Crippen LogP contribution < -0.4 is 0 Å². The molecule has 0 N–H and O–H groups in total. The van der Waals surface area contributed by atoms with E-state index in [0.717, 1.165) is 16.7 Å². The fraction of sp³-hybridized carbons (Fsp3) is 0.333. The Labute approximate surface area is 83.9 Å². The number of hydrogen-bond acceptors (Lipinski definition) is 2. The second-order valence-electron chi connectivity index (χ2n) is 3.60. The first-order valence-corrected chi connectivity index (χ1v) is 4.56. The summed E-state index contributed by atoms with van der Waals surface area (Å²) >= 11 is 0. The first-order chi connectivity index (χ1) is 6.49. The molecule has 2 nitrogen and oxygen atoms in total. The molecule has 0 bridgehead atoms. The molecule has 74 valence electrons. The quantitative estimate of drug-likeness (QED) is 0.407. The Bertz CT molecular complexity index is 403. The molecule has 0 aliphatic rings. The van der Waals surface area contributed by atoms with E-state index in [1.807, 2.05) is 27.7 Å². The van der Waals surface area contributed by atoms with Gasteiger partial charge in [-0.1, -0.05) is 0 Å². The number of rotatable bonds is 2. The Hall–Kier alpha value is -1.44. The molecular weight excluding hydrogens is 176 g/mol. The van der Waals surface area contributed by atoms with Gasteiger partial charge in [0.15, 0.2) is 6.29 Å². The normalized spacial score (nSPS) is 10.0. The highest BCUT2D eigenvalue weighted by molar-refractivity contribution is 6.33. The van der Waals surface area contributed by atoms with Crippen LogP contribution in [0.15, 0.2) is 6.07 Å². The summed E-state index contributed by atoms with van der Waals surface area (Å²) in [7, 11) is 0. The van der Waals surface area contributed by atoms with Gasteiger partial charge in [-0.2, -0.15) is 0 Å². The number of carbonyl (C=O) groups is 2. The number of aldehydes is 1. The number of aryl methyl sites for hydroxylation is 1. The molecule has 0 spiro atoms. The number of ketones is 1. The summed E-state index contributed by atoms with van der Waals surface area (Å²) in [6.07, 6.45) is 0.372. The summed E-state index contributed by atoms with van der Waals surface area (Å²) < 4.78 is 0. The van der Waals surface area contributed by atoms with Gasteiger partial charge in [0.05, 0.1) is 0 Å². The zero-order chi connectivity index (χ0) is 10.9. The van der Waals surface area contributed by atoms with E-state index in [-0.39, 0.29) is 0 Å². The lowest BCUT2D eigenvalue weighted by Crippen LogP contribution is -2.06. The van der Waals surface area contributed by atoms with E-state index in [2.05, 4.69) is 0 Å². The maximum atomic E-state index is 11.3. The maximum absolute atomic E-state index is 11.3. The topological polar surface area (TPSA) is 34.1 Å². The van der Waals surface area contributed by atoms with Crippen LogP contribution in [-0.2, 0) is 4.79 Å². The predicted octanol–water partition coefficient (Wildman–Crippen LogP) is 2.30. The highest BCUT2D eigenvalue weighted by Crippen LogP contribution is 2.21. The Morgan fingerprint density at radius 3 is 2.14 bits per heavy atom. The molecule has 0 unspecified atom stereocenters. The van der Waals surface area contributed by atoms with Gasteiger partial charge in [0.1, 0.15) is 0 Å². The summed E-state index contributed by atoms with van der Waals surface area (Å²) in [4.78, 5) is 21.7. The summed E-state index contributed by atoms with van der Waals surface area (Å²) in [6.45, 7) is 7.81. The molecule has 1 rings (SSSR count). The van der Waals surface area contributed by atoms with Crippen molar-refractivity contribution in [3.63, 3.8) is 0 Å². The van der Waals surface area contributed by atoms with Gasteiger partial charge in [0, 0.05) is 5.56 Å². The molecule has 0 heterocycles. The monoisotopic (exact) mass is 190 g/mol. The van der Waals surface area contributed by atoms with E-state index in [1.54, 1.807) is 6.07 Å². The fourth-order valence-corrected chi connectivity index (χ4v) is 1.53. The second-order valence-corrected chi connectivity index (χ2v) is 3.60. The lowest BCUT2D eigenvalue weighted by molar-refractivity contribution is -0.104. The Morgan fingerprint density at radius 1 is 1.07 bits per heavy atom. The van der Waals surface area contributed by atoms with Crippen molar-refractivity contribution < 1.29 is 9.59 Å². The van der Waals surface area contributed by atoms with Crippen LogP contribution in [0.25, 0.3) is 0 Å². The first kappa shape index (κ1) is 10.6.